The molecule has 5 nitrogen and oxygen atoms in total. The van der Waals surface area contributed by atoms with Crippen molar-refractivity contribution in [3.05, 3.63) is 21.6 Å². The Morgan fingerprint density at radius 3 is 2.00 bits per heavy atom. The summed E-state index contributed by atoms with van der Waals surface area (Å²) in [5, 5.41) is 11.3. The number of nitrogens with zero attached hydrogens (tertiary/aromatic N) is 1. The van der Waals surface area contributed by atoms with Crippen LogP contribution in [-0.4, -0.2) is 50.0 Å². The molecule has 15 heteroatoms. The Labute approximate surface area is 149 Å². The zero-order valence-corrected chi connectivity index (χ0v) is 14.0. The average Bonchev–Trinajstić information content (AvgIpc) is 2.73. The SMILES string of the molecule is Cc1[nH]n(C(N)=S)c(=O)c1CC(O)CC(F)(F)C(F)(F)C(F)(F)C(F)(F)F. The van der Waals surface area contributed by atoms with Gasteiger partial charge in [0, 0.05) is 24.1 Å². The number of alkyl halides is 9. The minimum absolute atomic E-state index is 0.0671. The third-order valence-corrected chi connectivity index (χ3v) is 3.74. The van der Waals surface area contributed by atoms with E-state index in [1.165, 1.54) is 6.92 Å². The first-order valence-corrected chi connectivity index (χ1v) is 7.26. The molecule has 0 aliphatic rings. The first-order chi connectivity index (χ1) is 11.9. The van der Waals surface area contributed by atoms with E-state index in [0.29, 0.717) is 4.68 Å². The standard InChI is InChI=1S/C12H12F9N3O2S/c1-4-6(7(26)24(23-4)8(22)27)2-5(25)3-9(13,14)10(15,16)11(17,18)12(19,20)21/h5,23,25H,2-3H2,1H3,(H2,22,27). The van der Waals surface area contributed by atoms with Gasteiger partial charge in [0.15, 0.2) is 5.11 Å². The third-order valence-electron chi connectivity index (χ3n) is 3.56. The average molecular weight is 433 g/mol. The van der Waals surface area contributed by atoms with E-state index in [4.69, 9.17) is 5.73 Å². The van der Waals surface area contributed by atoms with E-state index in [1.807, 2.05) is 0 Å². The molecule has 156 valence electrons. The van der Waals surface area contributed by atoms with Gasteiger partial charge in [0.05, 0.1) is 6.10 Å². The number of thiocarbonyl (C=S) groups is 1. The van der Waals surface area contributed by atoms with Crippen LogP contribution in [0.4, 0.5) is 39.5 Å². The number of aromatic amines is 1. The predicted molar refractivity (Wildman–Crippen MR) is 77.2 cm³/mol. The van der Waals surface area contributed by atoms with Crippen molar-refractivity contribution < 1.29 is 44.6 Å². The maximum absolute atomic E-state index is 13.5. The zero-order valence-electron chi connectivity index (χ0n) is 13.2. The number of rotatable bonds is 6. The lowest BCUT2D eigenvalue weighted by atomic mass is 9.95. The molecule has 1 aromatic rings. The Hall–Kier alpha value is -1.77. The zero-order chi connectivity index (χ0) is 21.6. The molecular weight excluding hydrogens is 421 g/mol. The number of H-pyrrole nitrogens is 1. The van der Waals surface area contributed by atoms with Crippen molar-refractivity contribution in [2.45, 2.75) is 49.8 Å². The fourth-order valence-electron chi connectivity index (χ4n) is 2.12. The molecule has 0 bridgehead atoms. The second-order valence-electron chi connectivity index (χ2n) is 5.61. The maximum Gasteiger partial charge on any atom is 0.460 e. The Morgan fingerprint density at radius 1 is 1.15 bits per heavy atom. The van der Waals surface area contributed by atoms with Crippen LogP contribution in [0, 0.1) is 6.92 Å². The number of hydrogen-bond acceptors (Lipinski definition) is 3. The van der Waals surface area contributed by atoms with E-state index in [1.54, 1.807) is 0 Å². The number of nitrogens with one attached hydrogen (secondary N) is 1. The van der Waals surface area contributed by atoms with E-state index < -0.39 is 59.1 Å². The lowest BCUT2D eigenvalue weighted by Gasteiger charge is -2.34. The van der Waals surface area contributed by atoms with Crippen molar-refractivity contribution >= 4 is 17.3 Å². The minimum atomic E-state index is -7.05. The second-order valence-corrected chi connectivity index (χ2v) is 6.03. The van der Waals surface area contributed by atoms with E-state index in [2.05, 4.69) is 17.3 Å². The quantitative estimate of drug-likeness (QED) is 0.475. The highest BCUT2D eigenvalue weighted by molar-refractivity contribution is 7.80. The van der Waals surface area contributed by atoms with Gasteiger partial charge < -0.3 is 10.8 Å². The molecular formula is C12H12F9N3O2S. The van der Waals surface area contributed by atoms with Crippen molar-refractivity contribution in [2.24, 2.45) is 5.73 Å². The summed E-state index contributed by atoms with van der Waals surface area (Å²) in [6.07, 6.45) is -13.0. The second kappa shape index (κ2) is 7.00. The number of nitrogens with two attached hydrogens (primary N) is 1. The minimum Gasteiger partial charge on any atom is -0.393 e. The van der Waals surface area contributed by atoms with Gasteiger partial charge in [-0.15, -0.1) is 0 Å². The number of aliphatic hydroxyl groups is 1. The first-order valence-electron chi connectivity index (χ1n) is 6.85. The number of hydrogen-bond donors (Lipinski definition) is 3. The van der Waals surface area contributed by atoms with Crippen LogP contribution in [0.2, 0.25) is 0 Å². The van der Waals surface area contributed by atoms with Crippen molar-refractivity contribution in [3.63, 3.8) is 0 Å². The van der Waals surface area contributed by atoms with Crippen LogP contribution >= 0.6 is 12.2 Å². The highest BCUT2D eigenvalue weighted by Crippen LogP contribution is 2.54. The fraction of sp³-hybridized carbons (Fsp3) is 0.667. The van der Waals surface area contributed by atoms with Gasteiger partial charge in [0.25, 0.3) is 5.56 Å². The third kappa shape index (κ3) is 4.07. The Bertz CT molecular complexity index is 769. The van der Waals surface area contributed by atoms with Crippen molar-refractivity contribution in [3.8, 4) is 0 Å². The van der Waals surface area contributed by atoms with Gasteiger partial charge in [-0.05, 0) is 19.1 Å². The summed E-state index contributed by atoms with van der Waals surface area (Å²) in [5.41, 5.74) is 3.62. The summed E-state index contributed by atoms with van der Waals surface area (Å²) in [5.74, 6) is -19.8. The van der Waals surface area contributed by atoms with Crippen LogP contribution in [0.5, 0.6) is 0 Å². The molecule has 0 saturated carbocycles. The molecule has 0 aliphatic heterocycles. The molecule has 4 N–H and O–H groups in total. The Morgan fingerprint density at radius 2 is 1.63 bits per heavy atom. The van der Waals surface area contributed by atoms with Crippen molar-refractivity contribution in [2.75, 3.05) is 0 Å². The van der Waals surface area contributed by atoms with Crippen LogP contribution in [0.1, 0.15) is 17.7 Å². The molecule has 27 heavy (non-hydrogen) atoms. The Balaban J connectivity index is 3.10. The molecule has 0 aliphatic carbocycles. The largest absolute Gasteiger partial charge is 0.460 e. The topological polar surface area (TPSA) is 84.0 Å². The Kier molecular flexibility index (Phi) is 6.03. The lowest BCUT2D eigenvalue weighted by Crippen LogP contribution is -2.61. The number of aliphatic hydroxyl groups excluding tert-OH is 1. The van der Waals surface area contributed by atoms with E-state index in [9.17, 15) is 49.4 Å². The van der Waals surface area contributed by atoms with Crippen LogP contribution in [0.15, 0.2) is 4.79 Å². The van der Waals surface area contributed by atoms with Crippen LogP contribution in [-0.2, 0) is 6.42 Å². The molecule has 0 radical (unpaired) electrons. The highest BCUT2D eigenvalue weighted by atomic mass is 32.1. The van der Waals surface area contributed by atoms with Gasteiger partial charge >= 0.3 is 23.9 Å². The van der Waals surface area contributed by atoms with E-state index in [-0.39, 0.29) is 5.69 Å². The monoisotopic (exact) mass is 433 g/mol. The smallest absolute Gasteiger partial charge is 0.393 e. The summed E-state index contributed by atoms with van der Waals surface area (Å²) < 4.78 is 116. The first kappa shape index (κ1) is 23.3. The molecule has 1 atom stereocenters. The summed E-state index contributed by atoms with van der Waals surface area (Å²) in [6, 6.07) is 0. The highest BCUT2D eigenvalue weighted by Gasteiger charge is 2.81. The number of aryl methyl sites for hydroxylation is 1. The molecule has 0 amide bonds. The molecule has 0 spiro atoms. The molecule has 0 saturated heterocycles. The maximum atomic E-state index is 13.5. The summed E-state index contributed by atoms with van der Waals surface area (Å²) >= 11 is 4.49. The summed E-state index contributed by atoms with van der Waals surface area (Å²) in [7, 11) is 0. The van der Waals surface area contributed by atoms with Gasteiger partial charge in [-0.25, -0.2) is 0 Å². The van der Waals surface area contributed by atoms with Gasteiger partial charge in [0.1, 0.15) is 0 Å². The van der Waals surface area contributed by atoms with Gasteiger partial charge in [0.2, 0.25) is 0 Å². The van der Waals surface area contributed by atoms with Crippen molar-refractivity contribution in [1.82, 2.24) is 9.78 Å². The van der Waals surface area contributed by atoms with Crippen LogP contribution in [0.3, 0.4) is 0 Å². The molecule has 1 unspecified atom stereocenters. The van der Waals surface area contributed by atoms with Gasteiger partial charge in [-0.2, -0.15) is 44.2 Å². The summed E-state index contributed by atoms with van der Waals surface area (Å²) in [4.78, 5) is 11.9. The fourth-order valence-corrected chi connectivity index (χ4v) is 2.25. The lowest BCUT2D eigenvalue weighted by molar-refractivity contribution is -0.398. The number of aromatic nitrogens is 2. The predicted octanol–water partition coefficient (Wildman–Crippen LogP) is 2.34. The molecule has 1 heterocycles. The molecule has 1 aromatic heterocycles. The summed E-state index contributed by atoms with van der Waals surface area (Å²) in [6.45, 7) is 1.20. The number of halogens is 9. The van der Waals surface area contributed by atoms with Crippen molar-refractivity contribution in [1.29, 1.82) is 0 Å². The van der Waals surface area contributed by atoms with E-state index >= 15 is 0 Å². The van der Waals surface area contributed by atoms with Gasteiger partial charge in [-0.1, -0.05) is 0 Å². The molecule has 0 aromatic carbocycles. The normalized spacial score (nSPS) is 15.1. The van der Waals surface area contributed by atoms with Gasteiger partial charge in [-0.3, -0.25) is 9.89 Å². The van der Waals surface area contributed by atoms with Crippen LogP contribution in [0.25, 0.3) is 0 Å². The van der Waals surface area contributed by atoms with Crippen LogP contribution < -0.4 is 11.3 Å². The van der Waals surface area contributed by atoms with E-state index in [0.717, 1.165) is 0 Å². The molecule has 0 fully saturated rings. The molecule has 1 rings (SSSR count).